The number of hydrogen-bond acceptors (Lipinski definition) is 1. The SMILES string of the molecule is C[C@H](CN)c1ccccc1Br. The van der Waals surface area contributed by atoms with Gasteiger partial charge in [0.05, 0.1) is 0 Å². The van der Waals surface area contributed by atoms with Gasteiger partial charge < -0.3 is 5.73 Å². The van der Waals surface area contributed by atoms with Crippen molar-refractivity contribution in [2.24, 2.45) is 5.73 Å². The average Bonchev–Trinajstić information content (AvgIpc) is 2.04. The molecule has 1 rings (SSSR count). The van der Waals surface area contributed by atoms with E-state index in [0.29, 0.717) is 12.5 Å². The Balaban J connectivity index is 2.93. The second-order valence-corrected chi connectivity index (χ2v) is 3.51. The molecule has 0 aromatic heterocycles. The zero-order chi connectivity index (χ0) is 8.27. The van der Waals surface area contributed by atoms with Gasteiger partial charge in [0.1, 0.15) is 0 Å². The average molecular weight is 214 g/mol. The molecule has 2 N–H and O–H groups in total. The first-order valence-corrected chi connectivity index (χ1v) is 4.49. The largest absolute Gasteiger partial charge is 0.330 e. The lowest BCUT2D eigenvalue weighted by Crippen LogP contribution is -2.09. The molecule has 0 aliphatic carbocycles. The third-order valence-electron chi connectivity index (χ3n) is 1.79. The lowest BCUT2D eigenvalue weighted by molar-refractivity contribution is 0.770. The van der Waals surface area contributed by atoms with Crippen molar-refractivity contribution < 1.29 is 0 Å². The maximum Gasteiger partial charge on any atom is 0.0210 e. The minimum absolute atomic E-state index is 0.436. The molecule has 1 atom stereocenters. The Labute approximate surface area is 75.7 Å². The summed E-state index contributed by atoms with van der Waals surface area (Å²) in [5, 5.41) is 0. The van der Waals surface area contributed by atoms with Crippen LogP contribution in [-0.2, 0) is 0 Å². The highest BCUT2D eigenvalue weighted by atomic mass is 79.9. The third kappa shape index (κ3) is 2.04. The highest BCUT2D eigenvalue weighted by molar-refractivity contribution is 9.10. The summed E-state index contributed by atoms with van der Waals surface area (Å²) in [5.41, 5.74) is 6.84. The Morgan fingerprint density at radius 3 is 2.64 bits per heavy atom. The van der Waals surface area contributed by atoms with Crippen LogP contribution in [0.1, 0.15) is 18.4 Å². The van der Waals surface area contributed by atoms with Gasteiger partial charge in [0.15, 0.2) is 0 Å². The van der Waals surface area contributed by atoms with Crippen LogP contribution < -0.4 is 5.73 Å². The van der Waals surface area contributed by atoms with E-state index < -0.39 is 0 Å². The lowest BCUT2D eigenvalue weighted by atomic mass is 10.0. The van der Waals surface area contributed by atoms with E-state index in [1.807, 2.05) is 18.2 Å². The van der Waals surface area contributed by atoms with Crippen LogP contribution in [0.25, 0.3) is 0 Å². The summed E-state index contributed by atoms with van der Waals surface area (Å²) < 4.78 is 1.15. The number of rotatable bonds is 2. The van der Waals surface area contributed by atoms with Gasteiger partial charge in [0.2, 0.25) is 0 Å². The van der Waals surface area contributed by atoms with Crippen LogP contribution in [0.5, 0.6) is 0 Å². The van der Waals surface area contributed by atoms with Crippen molar-refractivity contribution in [1.82, 2.24) is 0 Å². The Kier molecular flexibility index (Phi) is 3.09. The number of nitrogens with two attached hydrogens (primary N) is 1. The number of benzene rings is 1. The molecule has 2 heteroatoms. The van der Waals surface area contributed by atoms with Crippen LogP contribution in [0.3, 0.4) is 0 Å². The number of hydrogen-bond donors (Lipinski definition) is 1. The first kappa shape index (κ1) is 8.75. The molecule has 1 aromatic rings. The van der Waals surface area contributed by atoms with Crippen molar-refractivity contribution in [3.05, 3.63) is 34.3 Å². The topological polar surface area (TPSA) is 26.0 Å². The molecule has 1 aromatic carbocycles. The van der Waals surface area contributed by atoms with E-state index >= 15 is 0 Å². The molecule has 60 valence electrons. The summed E-state index contributed by atoms with van der Waals surface area (Å²) in [5.74, 6) is 0.436. The Morgan fingerprint density at radius 1 is 1.45 bits per heavy atom. The van der Waals surface area contributed by atoms with Crippen molar-refractivity contribution in [2.75, 3.05) is 6.54 Å². The predicted molar refractivity (Wildman–Crippen MR) is 51.6 cm³/mol. The van der Waals surface area contributed by atoms with Gasteiger partial charge in [-0.3, -0.25) is 0 Å². The maximum absolute atomic E-state index is 5.55. The van der Waals surface area contributed by atoms with Gasteiger partial charge in [-0.05, 0) is 24.1 Å². The van der Waals surface area contributed by atoms with E-state index in [1.165, 1.54) is 5.56 Å². The maximum atomic E-state index is 5.55. The monoisotopic (exact) mass is 213 g/mol. The molecular weight excluding hydrogens is 202 g/mol. The Morgan fingerprint density at radius 2 is 2.09 bits per heavy atom. The Bertz CT molecular complexity index is 235. The smallest absolute Gasteiger partial charge is 0.0210 e. The molecule has 0 amide bonds. The van der Waals surface area contributed by atoms with Crippen LogP contribution in [0.2, 0.25) is 0 Å². The van der Waals surface area contributed by atoms with Crippen molar-refractivity contribution >= 4 is 15.9 Å². The molecule has 0 unspecified atom stereocenters. The molecule has 0 aliphatic heterocycles. The summed E-state index contributed by atoms with van der Waals surface area (Å²) in [6.45, 7) is 2.82. The summed E-state index contributed by atoms with van der Waals surface area (Å²) in [6, 6.07) is 8.19. The summed E-state index contributed by atoms with van der Waals surface area (Å²) in [6.07, 6.45) is 0. The summed E-state index contributed by atoms with van der Waals surface area (Å²) in [4.78, 5) is 0. The normalized spacial score (nSPS) is 13.0. The molecule has 0 saturated carbocycles. The molecular formula is C9H12BrN. The van der Waals surface area contributed by atoms with E-state index in [-0.39, 0.29) is 0 Å². The fourth-order valence-corrected chi connectivity index (χ4v) is 1.68. The van der Waals surface area contributed by atoms with Crippen LogP contribution in [-0.4, -0.2) is 6.54 Å². The van der Waals surface area contributed by atoms with Gasteiger partial charge in [-0.15, -0.1) is 0 Å². The molecule has 1 nitrogen and oxygen atoms in total. The van der Waals surface area contributed by atoms with E-state index in [2.05, 4.69) is 28.9 Å². The van der Waals surface area contributed by atoms with Gasteiger partial charge in [0.25, 0.3) is 0 Å². The first-order valence-electron chi connectivity index (χ1n) is 3.70. The van der Waals surface area contributed by atoms with E-state index in [1.54, 1.807) is 0 Å². The fourth-order valence-electron chi connectivity index (χ4n) is 1.00. The van der Waals surface area contributed by atoms with Gasteiger partial charge in [-0.1, -0.05) is 41.1 Å². The minimum atomic E-state index is 0.436. The van der Waals surface area contributed by atoms with E-state index in [9.17, 15) is 0 Å². The zero-order valence-corrected chi connectivity index (χ0v) is 8.14. The second-order valence-electron chi connectivity index (χ2n) is 2.66. The molecule has 0 aliphatic rings. The molecule has 0 spiro atoms. The highest BCUT2D eigenvalue weighted by Gasteiger charge is 2.05. The molecule has 0 bridgehead atoms. The van der Waals surface area contributed by atoms with Crippen molar-refractivity contribution in [2.45, 2.75) is 12.8 Å². The molecule has 0 fully saturated rings. The third-order valence-corrected chi connectivity index (χ3v) is 2.51. The zero-order valence-electron chi connectivity index (χ0n) is 6.55. The predicted octanol–water partition coefficient (Wildman–Crippen LogP) is 2.51. The second kappa shape index (κ2) is 3.88. The van der Waals surface area contributed by atoms with Crippen molar-refractivity contribution in [3.8, 4) is 0 Å². The quantitative estimate of drug-likeness (QED) is 0.804. The molecule has 11 heavy (non-hydrogen) atoms. The van der Waals surface area contributed by atoms with Gasteiger partial charge in [-0.2, -0.15) is 0 Å². The first-order chi connectivity index (χ1) is 5.25. The highest BCUT2D eigenvalue weighted by Crippen LogP contribution is 2.23. The summed E-state index contributed by atoms with van der Waals surface area (Å²) in [7, 11) is 0. The van der Waals surface area contributed by atoms with Crippen LogP contribution in [0.4, 0.5) is 0 Å². The molecule has 0 heterocycles. The van der Waals surface area contributed by atoms with E-state index in [4.69, 9.17) is 5.73 Å². The van der Waals surface area contributed by atoms with Crippen LogP contribution in [0, 0.1) is 0 Å². The van der Waals surface area contributed by atoms with E-state index in [0.717, 1.165) is 4.47 Å². The molecule has 0 saturated heterocycles. The standard InChI is InChI=1S/C9H12BrN/c1-7(6-11)8-4-2-3-5-9(8)10/h2-5,7H,6,11H2,1H3/t7-/m1/s1. The summed E-state index contributed by atoms with van der Waals surface area (Å²) >= 11 is 3.48. The van der Waals surface area contributed by atoms with Gasteiger partial charge in [0, 0.05) is 4.47 Å². The fraction of sp³-hybridized carbons (Fsp3) is 0.333. The minimum Gasteiger partial charge on any atom is -0.330 e. The van der Waals surface area contributed by atoms with Crippen molar-refractivity contribution in [1.29, 1.82) is 0 Å². The number of halogens is 1. The van der Waals surface area contributed by atoms with Gasteiger partial charge in [-0.25, -0.2) is 0 Å². The Hall–Kier alpha value is -0.340. The van der Waals surface area contributed by atoms with Crippen LogP contribution in [0.15, 0.2) is 28.7 Å². The molecule has 0 radical (unpaired) electrons. The lowest BCUT2D eigenvalue weighted by Gasteiger charge is -2.09. The van der Waals surface area contributed by atoms with Gasteiger partial charge >= 0.3 is 0 Å². The van der Waals surface area contributed by atoms with Crippen LogP contribution >= 0.6 is 15.9 Å². The van der Waals surface area contributed by atoms with Crippen molar-refractivity contribution in [3.63, 3.8) is 0 Å².